The van der Waals surface area contributed by atoms with E-state index < -0.39 is 12.0 Å². The molecule has 6 heteroatoms. The van der Waals surface area contributed by atoms with Gasteiger partial charge in [0.2, 0.25) is 5.91 Å². The first-order valence-electron chi connectivity index (χ1n) is 6.43. The summed E-state index contributed by atoms with van der Waals surface area (Å²) in [6.07, 6.45) is 1.54. The first-order valence-corrected chi connectivity index (χ1v) is 6.43. The maximum atomic E-state index is 12.3. The van der Waals surface area contributed by atoms with Gasteiger partial charge in [-0.2, -0.15) is 5.10 Å². The Morgan fingerprint density at radius 1 is 1.42 bits per heavy atom. The fourth-order valence-corrected chi connectivity index (χ4v) is 2.65. The van der Waals surface area contributed by atoms with Gasteiger partial charge in [-0.15, -0.1) is 0 Å². The summed E-state index contributed by atoms with van der Waals surface area (Å²) in [6.45, 7) is 4.32. The van der Waals surface area contributed by atoms with E-state index in [2.05, 4.69) is 5.10 Å². The van der Waals surface area contributed by atoms with Gasteiger partial charge in [-0.05, 0) is 26.7 Å². The molecule has 1 aromatic heterocycles. The summed E-state index contributed by atoms with van der Waals surface area (Å²) >= 11 is 0. The second-order valence-corrected chi connectivity index (χ2v) is 5.03. The van der Waals surface area contributed by atoms with Crippen LogP contribution in [0.2, 0.25) is 0 Å². The monoisotopic (exact) mass is 265 g/mol. The van der Waals surface area contributed by atoms with Crippen LogP contribution < -0.4 is 0 Å². The van der Waals surface area contributed by atoms with Crippen molar-refractivity contribution in [3.05, 3.63) is 17.0 Å². The number of likely N-dealkylation sites (tertiary alicyclic amines) is 1. The summed E-state index contributed by atoms with van der Waals surface area (Å²) in [4.78, 5) is 24.8. The number of hydrogen-bond acceptors (Lipinski definition) is 3. The standard InChI is InChI=1S/C13H19N3O3/c1-8-10(9(2)15(3)14-8)7-12(17)16-6-4-5-11(16)13(18)19/h11H,4-7H2,1-3H3,(H,18,19)/t11-/m1/s1. The molecule has 1 saturated heterocycles. The van der Waals surface area contributed by atoms with Crippen LogP contribution >= 0.6 is 0 Å². The predicted octanol–water partition coefficient (Wildman–Crippen LogP) is 0.655. The second-order valence-electron chi connectivity index (χ2n) is 5.03. The Morgan fingerprint density at radius 2 is 2.11 bits per heavy atom. The van der Waals surface area contributed by atoms with Crippen molar-refractivity contribution in [1.82, 2.24) is 14.7 Å². The van der Waals surface area contributed by atoms with Crippen LogP contribution in [0.25, 0.3) is 0 Å². The van der Waals surface area contributed by atoms with Crippen LogP contribution in [-0.2, 0) is 23.1 Å². The van der Waals surface area contributed by atoms with Gasteiger partial charge in [0.1, 0.15) is 6.04 Å². The van der Waals surface area contributed by atoms with Crippen molar-refractivity contribution < 1.29 is 14.7 Å². The molecular formula is C13H19N3O3. The molecule has 0 saturated carbocycles. The van der Waals surface area contributed by atoms with Crippen LogP contribution in [0, 0.1) is 13.8 Å². The lowest BCUT2D eigenvalue weighted by molar-refractivity contribution is -0.148. The van der Waals surface area contributed by atoms with Crippen molar-refractivity contribution in [2.24, 2.45) is 7.05 Å². The molecular weight excluding hydrogens is 246 g/mol. The van der Waals surface area contributed by atoms with Crippen molar-refractivity contribution in [3.8, 4) is 0 Å². The summed E-state index contributed by atoms with van der Waals surface area (Å²) in [6, 6.07) is -0.662. The molecule has 1 aliphatic rings. The highest BCUT2D eigenvalue weighted by Gasteiger charge is 2.34. The molecule has 2 heterocycles. The molecule has 0 aromatic carbocycles. The topological polar surface area (TPSA) is 75.4 Å². The number of aliphatic carboxylic acids is 1. The fraction of sp³-hybridized carbons (Fsp3) is 0.615. The summed E-state index contributed by atoms with van der Waals surface area (Å²) in [5.74, 6) is -1.03. The van der Waals surface area contributed by atoms with Crippen molar-refractivity contribution in [1.29, 1.82) is 0 Å². The molecule has 1 atom stereocenters. The number of rotatable bonds is 3. The number of carboxylic acid groups (broad SMARTS) is 1. The SMILES string of the molecule is Cc1nn(C)c(C)c1CC(=O)N1CCC[C@@H]1C(=O)O. The number of hydrogen-bond donors (Lipinski definition) is 1. The Hall–Kier alpha value is -1.85. The van der Waals surface area contributed by atoms with Crippen LogP contribution in [0.5, 0.6) is 0 Å². The molecule has 1 amide bonds. The zero-order valence-corrected chi connectivity index (χ0v) is 11.5. The number of amides is 1. The van der Waals surface area contributed by atoms with E-state index in [1.54, 1.807) is 4.68 Å². The largest absolute Gasteiger partial charge is 0.480 e. The zero-order chi connectivity index (χ0) is 14.2. The second kappa shape index (κ2) is 5.03. The maximum absolute atomic E-state index is 12.3. The Labute approximate surface area is 112 Å². The van der Waals surface area contributed by atoms with E-state index >= 15 is 0 Å². The van der Waals surface area contributed by atoms with Crippen LogP contribution in [-0.4, -0.2) is 44.3 Å². The lowest BCUT2D eigenvalue weighted by Crippen LogP contribution is -2.41. The zero-order valence-electron chi connectivity index (χ0n) is 11.5. The molecule has 0 radical (unpaired) electrons. The number of aryl methyl sites for hydroxylation is 2. The van der Waals surface area contributed by atoms with Gasteiger partial charge in [0.25, 0.3) is 0 Å². The normalized spacial score (nSPS) is 18.9. The van der Waals surface area contributed by atoms with Gasteiger partial charge in [-0.1, -0.05) is 0 Å². The van der Waals surface area contributed by atoms with Gasteiger partial charge < -0.3 is 10.0 Å². The van der Waals surface area contributed by atoms with Crippen LogP contribution in [0.3, 0.4) is 0 Å². The molecule has 104 valence electrons. The number of nitrogens with zero attached hydrogens (tertiary/aromatic N) is 3. The van der Waals surface area contributed by atoms with E-state index in [0.717, 1.165) is 23.4 Å². The third-order valence-electron chi connectivity index (χ3n) is 3.85. The third-order valence-corrected chi connectivity index (χ3v) is 3.85. The van der Waals surface area contributed by atoms with Gasteiger partial charge >= 0.3 is 5.97 Å². The van der Waals surface area contributed by atoms with E-state index in [-0.39, 0.29) is 12.3 Å². The minimum Gasteiger partial charge on any atom is -0.480 e. The average Bonchev–Trinajstić information content (AvgIpc) is 2.90. The summed E-state index contributed by atoms with van der Waals surface area (Å²) in [7, 11) is 1.84. The van der Waals surface area contributed by atoms with Crippen LogP contribution in [0.15, 0.2) is 0 Å². The lowest BCUT2D eigenvalue weighted by atomic mass is 10.1. The van der Waals surface area contributed by atoms with Gasteiger partial charge in [-0.25, -0.2) is 4.79 Å². The van der Waals surface area contributed by atoms with Gasteiger partial charge in [0.05, 0.1) is 12.1 Å². The van der Waals surface area contributed by atoms with E-state index in [9.17, 15) is 9.59 Å². The highest BCUT2D eigenvalue weighted by molar-refractivity contribution is 5.85. The molecule has 2 rings (SSSR count). The Balaban J connectivity index is 2.15. The van der Waals surface area contributed by atoms with E-state index in [4.69, 9.17) is 5.11 Å². The van der Waals surface area contributed by atoms with E-state index in [1.807, 2.05) is 20.9 Å². The minimum atomic E-state index is -0.912. The molecule has 0 aliphatic carbocycles. The van der Waals surface area contributed by atoms with Crippen LogP contribution in [0.4, 0.5) is 0 Å². The summed E-state index contributed by atoms with van der Waals surface area (Å²) < 4.78 is 1.75. The molecule has 0 bridgehead atoms. The Bertz CT molecular complexity index is 521. The van der Waals surface area contributed by atoms with Gasteiger partial charge in [0, 0.05) is 24.8 Å². The van der Waals surface area contributed by atoms with Crippen molar-refractivity contribution in [2.75, 3.05) is 6.54 Å². The number of carbonyl (C=O) groups excluding carboxylic acids is 1. The lowest BCUT2D eigenvalue weighted by Gasteiger charge is -2.21. The molecule has 0 unspecified atom stereocenters. The van der Waals surface area contributed by atoms with Crippen molar-refractivity contribution in [3.63, 3.8) is 0 Å². The molecule has 1 aliphatic heterocycles. The van der Waals surface area contributed by atoms with E-state index in [1.165, 1.54) is 4.90 Å². The van der Waals surface area contributed by atoms with Crippen molar-refractivity contribution >= 4 is 11.9 Å². The minimum absolute atomic E-state index is 0.121. The first-order chi connectivity index (χ1) is 8.91. The highest BCUT2D eigenvalue weighted by atomic mass is 16.4. The molecule has 1 aromatic rings. The molecule has 19 heavy (non-hydrogen) atoms. The fourth-order valence-electron chi connectivity index (χ4n) is 2.65. The smallest absolute Gasteiger partial charge is 0.326 e. The maximum Gasteiger partial charge on any atom is 0.326 e. The molecule has 1 fully saturated rings. The average molecular weight is 265 g/mol. The van der Waals surface area contributed by atoms with Crippen LogP contribution in [0.1, 0.15) is 29.8 Å². The predicted molar refractivity (Wildman–Crippen MR) is 68.8 cm³/mol. The number of carboxylic acids is 1. The van der Waals surface area contributed by atoms with Gasteiger partial charge in [0.15, 0.2) is 0 Å². The number of carbonyl (C=O) groups is 2. The third kappa shape index (κ3) is 2.47. The highest BCUT2D eigenvalue weighted by Crippen LogP contribution is 2.20. The first kappa shape index (κ1) is 13.6. The molecule has 1 N–H and O–H groups in total. The Morgan fingerprint density at radius 3 is 2.63 bits per heavy atom. The Kier molecular flexibility index (Phi) is 3.59. The molecule has 6 nitrogen and oxygen atoms in total. The van der Waals surface area contributed by atoms with Crippen molar-refractivity contribution in [2.45, 2.75) is 39.2 Å². The molecule has 0 spiro atoms. The van der Waals surface area contributed by atoms with Gasteiger partial charge in [-0.3, -0.25) is 9.48 Å². The summed E-state index contributed by atoms with van der Waals surface area (Å²) in [5, 5.41) is 13.4. The number of aromatic nitrogens is 2. The summed E-state index contributed by atoms with van der Waals surface area (Å²) in [5.41, 5.74) is 2.69. The van der Waals surface area contributed by atoms with E-state index in [0.29, 0.717) is 13.0 Å². The quantitative estimate of drug-likeness (QED) is 0.871.